The van der Waals surface area contributed by atoms with Crippen molar-refractivity contribution in [2.24, 2.45) is 0 Å². The Morgan fingerprint density at radius 3 is 2.50 bits per heavy atom. The third-order valence-electron chi connectivity index (χ3n) is 4.47. The third kappa shape index (κ3) is 2.70. The van der Waals surface area contributed by atoms with Gasteiger partial charge in [-0.2, -0.15) is 5.10 Å². The predicted octanol–water partition coefficient (Wildman–Crippen LogP) is 3.28. The Morgan fingerprint density at radius 2 is 1.81 bits per heavy atom. The van der Waals surface area contributed by atoms with E-state index in [9.17, 15) is 5.11 Å². The second-order valence-electron chi connectivity index (χ2n) is 6.20. The van der Waals surface area contributed by atoms with Crippen LogP contribution in [0.25, 0.3) is 22.3 Å². The van der Waals surface area contributed by atoms with Crippen LogP contribution in [0.2, 0.25) is 0 Å². The summed E-state index contributed by atoms with van der Waals surface area (Å²) < 4.78 is 5.21. The molecule has 6 heteroatoms. The van der Waals surface area contributed by atoms with Crippen LogP contribution < -0.4 is 4.74 Å². The number of rotatable bonds is 4. The molecule has 4 aromatic rings. The fourth-order valence-corrected chi connectivity index (χ4v) is 3.00. The van der Waals surface area contributed by atoms with E-state index < -0.39 is 5.60 Å². The van der Waals surface area contributed by atoms with E-state index >= 15 is 0 Å². The quantitative estimate of drug-likeness (QED) is 0.592. The van der Waals surface area contributed by atoms with Gasteiger partial charge in [0.05, 0.1) is 30.1 Å². The molecule has 130 valence electrons. The lowest BCUT2D eigenvalue weighted by molar-refractivity contribution is 0.0991. The van der Waals surface area contributed by atoms with Crippen molar-refractivity contribution >= 4 is 10.9 Å². The molecule has 26 heavy (non-hydrogen) atoms. The van der Waals surface area contributed by atoms with E-state index in [0.717, 1.165) is 27.8 Å². The molecular formula is C20H18N4O2. The predicted molar refractivity (Wildman–Crippen MR) is 98.8 cm³/mol. The molecule has 0 aliphatic rings. The molecule has 1 atom stereocenters. The molecule has 0 saturated heterocycles. The van der Waals surface area contributed by atoms with E-state index in [1.807, 2.05) is 48.5 Å². The van der Waals surface area contributed by atoms with Crippen LogP contribution in [0.15, 0.2) is 60.9 Å². The minimum atomic E-state index is -1.30. The molecule has 0 bridgehead atoms. The van der Waals surface area contributed by atoms with Gasteiger partial charge in [-0.05, 0) is 30.7 Å². The average Bonchev–Trinajstić information content (AvgIpc) is 3.22. The van der Waals surface area contributed by atoms with Gasteiger partial charge in [-0.3, -0.25) is 5.10 Å². The van der Waals surface area contributed by atoms with Crippen LogP contribution in [0.4, 0.5) is 0 Å². The Kier molecular flexibility index (Phi) is 3.89. The van der Waals surface area contributed by atoms with Crippen LogP contribution in [0.1, 0.15) is 18.2 Å². The summed E-state index contributed by atoms with van der Waals surface area (Å²) in [6, 6.07) is 15.0. The number of H-pyrrole nitrogens is 1. The van der Waals surface area contributed by atoms with Gasteiger partial charge in [-0.15, -0.1) is 0 Å². The fraction of sp³-hybridized carbons (Fsp3) is 0.150. The highest BCUT2D eigenvalue weighted by Gasteiger charge is 2.30. The van der Waals surface area contributed by atoms with Crippen molar-refractivity contribution < 1.29 is 9.84 Å². The van der Waals surface area contributed by atoms with E-state index in [1.54, 1.807) is 26.4 Å². The molecule has 2 aromatic heterocycles. The van der Waals surface area contributed by atoms with Gasteiger partial charge in [-0.1, -0.05) is 30.3 Å². The number of nitrogens with zero attached hydrogens (tertiary/aromatic N) is 3. The van der Waals surface area contributed by atoms with E-state index in [2.05, 4.69) is 20.2 Å². The summed E-state index contributed by atoms with van der Waals surface area (Å²) in [4.78, 5) is 9.29. The van der Waals surface area contributed by atoms with Crippen LogP contribution in [-0.2, 0) is 5.60 Å². The molecule has 0 saturated carbocycles. The molecule has 6 nitrogen and oxygen atoms in total. The first-order valence-corrected chi connectivity index (χ1v) is 8.23. The lowest BCUT2D eigenvalue weighted by atomic mass is 9.89. The second-order valence-corrected chi connectivity index (χ2v) is 6.20. The minimum Gasteiger partial charge on any atom is -0.497 e. The number of fused-ring (bicyclic) bond motifs is 1. The van der Waals surface area contributed by atoms with Crippen molar-refractivity contribution in [2.45, 2.75) is 12.5 Å². The molecule has 1 unspecified atom stereocenters. The molecule has 0 aliphatic carbocycles. The molecule has 2 aromatic carbocycles. The van der Waals surface area contributed by atoms with Crippen LogP contribution >= 0.6 is 0 Å². The Bertz CT molecular complexity index is 1040. The first kappa shape index (κ1) is 16.2. The van der Waals surface area contributed by atoms with Crippen LogP contribution in [0.5, 0.6) is 5.75 Å². The number of aromatic nitrogens is 4. The van der Waals surface area contributed by atoms with E-state index in [-0.39, 0.29) is 0 Å². The summed E-state index contributed by atoms with van der Waals surface area (Å²) in [6.07, 6.45) is 3.39. The maximum absolute atomic E-state index is 11.4. The summed E-state index contributed by atoms with van der Waals surface area (Å²) in [5.41, 5.74) is 1.50. The summed E-state index contributed by atoms with van der Waals surface area (Å²) in [6.45, 7) is 1.74. The Labute approximate surface area is 150 Å². The molecule has 2 N–H and O–H groups in total. The van der Waals surface area contributed by atoms with Crippen LogP contribution in [0.3, 0.4) is 0 Å². The van der Waals surface area contributed by atoms with Crippen molar-refractivity contribution in [1.29, 1.82) is 0 Å². The molecule has 0 spiro atoms. The largest absolute Gasteiger partial charge is 0.497 e. The van der Waals surface area contributed by atoms with Gasteiger partial charge in [0.15, 0.2) is 5.82 Å². The first-order chi connectivity index (χ1) is 12.6. The number of aromatic amines is 1. The molecular weight excluding hydrogens is 328 g/mol. The molecule has 0 amide bonds. The van der Waals surface area contributed by atoms with Gasteiger partial charge < -0.3 is 9.84 Å². The van der Waals surface area contributed by atoms with Crippen molar-refractivity contribution in [3.8, 4) is 17.1 Å². The van der Waals surface area contributed by atoms with Gasteiger partial charge in [0.1, 0.15) is 11.4 Å². The third-order valence-corrected chi connectivity index (χ3v) is 4.47. The minimum absolute atomic E-state index is 0.515. The normalized spacial score (nSPS) is 13.5. The highest BCUT2D eigenvalue weighted by molar-refractivity contribution is 5.84. The van der Waals surface area contributed by atoms with Crippen molar-refractivity contribution in [2.75, 3.05) is 7.11 Å². The lowest BCUT2D eigenvalue weighted by Crippen LogP contribution is -2.25. The SMILES string of the molecule is COc1ccc(C(C)(O)c2nc(-c3cn[nH]c3)nc3ccccc23)cc1. The number of hydrogen-bond acceptors (Lipinski definition) is 5. The zero-order valence-electron chi connectivity index (χ0n) is 14.5. The van der Waals surface area contributed by atoms with Crippen molar-refractivity contribution in [3.63, 3.8) is 0 Å². The number of para-hydroxylation sites is 1. The van der Waals surface area contributed by atoms with E-state index in [0.29, 0.717) is 11.5 Å². The highest BCUT2D eigenvalue weighted by Crippen LogP contribution is 2.34. The van der Waals surface area contributed by atoms with Gasteiger partial charge >= 0.3 is 0 Å². The van der Waals surface area contributed by atoms with Gasteiger partial charge in [-0.25, -0.2) is 9.97 Å². The maximum atomic E-state index is 11.4. The number of ether oxygens (including phenoxy) is 1. The van der Waals surface area contributed by atoms with Crippen LogP contribution in [0, 0.1) is 0 Å². The number of hydrogen-bond donors (Lipinski definition) is 2. The fourth-order valence-electron chi connectivity index (χ4n) is 3.00. The smallest absolute Gasteiger partial charge is 0.163 e. The molecule has 0 radical (unpaired) electrons. The number of aliphatic hydroxyl groups is 1. The second kappa shape index (κ2) is 6.24. The Balaban J connectivity index is 1.93. The van der Waals surface area contributed by atoms with Gasteiger partial charge in [0, 0.05) is 11.6 Å². The molecule has 0 fully saturated rings. The topological polar surface area (TPSA) is 83.9 Å². The van der Waals surface area contributed by atoms with Crippen molar-refractivity contribution in [3.05, 3.63) is 72.2 Å². The monoisotopic (exact) mass is 346 g/mol. The first-order valence-electron chi connectivity index (χ1n) is 8.23. The maximum Gasteiger partial charge on any atom is 0.163 e. The van der Waals surface area contributed by atoms with Gasteiger partial charge in [0.25, 0.3) is 0 Å². The van der Waals surface area contributed by atoms with E-state index in [1.165, 1.54) is 0 Å². The number of benzene rings is 2. The Hall–Kier alpha value is -3.25. The summed E-state index contributed by atoms with van der Waals surface area (Å²) >= 11 is 0. The highest BCUT2D eigenvalue weighted by atomic mass is 16.5. The molecule has 2 heterocycles. The average molecular weight is 346 g/mol. The summed E-state index contributed by atoms with van der Waals surface area (Å²) in [5, 5.41) is 18.9. The Morgan fingerprint density at radius 1 is 1.04 bits per heavy atom. The van der Waals surface area contributed by atoms with Gasteiger partial charge in [0.2, 0.25) is 0 Å². The zero-order valence-corrected chi connectivity index (χ0v) is 14.5. The van der Waals surface area contributed by atoms with Crippen molar-refractivity contribution in [1.82, 2.24) is 20.2 Å². The number of nitrogens with one attached hydrogen (secondary N) is 1. The molecule has 4 rings (SSSR count). The zero-order chi connectivity index (χ0) is 18.1. The summed E-state index contributed by atoms with van der Waals surface area (Å²) in [5.74, 6) is 1.25. The molecule has 0 aliphatic heterocycles. The summed E-state index contributed by atoms with van der Waals surface area (Å²) in [7, 11) is 1.61. The van der Waals surface area contributed by atoms with E-state index in [4.69, 9.17) is 4.74 Å². The lowest BCUT2D eigenvalue weighted by Gasteiger charge is -2.25. The standard InChI is InChI=1S/C20H18N4O2/c1-20(25,14-7-9-15(26-2)10-8-14)18-16-5-3-4-6-17(16)23-19(24-18)13-11-21-22-12-13/h3-12,25H,1-2H3,(H,21,22). The number of methoxy groups -OCH3 is 1. The van der Waals surface area contributed by atoms with Crippen LogP contribution in [-0.4, -0.2) is 32.4 Å².